The summed E-state index contributed by atoms with van der Waals surface area (Å²) in [5.74, 6) is -1.35. The van der Waals surface area contributed by atoms with E-state index in [4.69, 9.17) is 9.84 Å². The van der Waals surface area contributed by atoms with E-state index in [9.17, 15) is 9.59 Å². The first kappa shape index (κ1) is 14.5. The molecule has 2 rings (SSSR count). The van der Waals surface area contributed by atoms with Gasteiger partial charge in [-0.15, -0.1) is 0 Å². The quantitative estimate of drug-likeness (QED) is 0.874. The van der Waals surface area contributed by atoms with E-state index in [0.29, 0.717) is 6.61 Å². The lowest BCUT2D eigenvalue weighted by atomic mass is 9.94. The van der Waals surface area contributed by atoms with Gasteiger partial charge in [-0.25, -0.2) is 4.79 Å². The Hall–Kier alpha value is -1.95. The molecular formula is C14H18N2O4. The monoisotopic (exact) mass is 278 g/mol. The van der Waals surface area contributed by atoms with Gasteiger partial charge in [0.15, 0.2) is 0 Å². The molecule has 1 atom stereocenters. The van der Waals surface area contributed by atoms with E-state index >= 15 is 0 Å². The summed E-state index contributed by atoms with van der Waals surface area (Å²) in [5.41, 5.74) is 0.0459. The molecular weight excluding hydrogens is 260 g/mol. The molecule has 2 N–H and O–H groups in total. The van der Waals surface area contributed by atoms with Gasteiger partial charge in [0.2, 0.25) is 0 Å². The number of hydrogen-bond acceptors (Lipinski definition) is 4. The van der Waals surface area contributed by atoms with Gasteiger partial charge in [-0.2, -0.15) is 0 Å². The molecule has 2 heterocycles. The number of aromatic carboxylic acids is 1. The second-order valence-electron chi connectivity index (χ2n) is 5.51. The first-order valence-corrected chi connectivity index (χ1v) is 6.51. The van der Waals surface area contributed by atoms with Gasteiger partial charge in [0.1, 0.15) is 5.69 Å². The first-order valence-electron chi connectivity index (χ1n) is 6.51. The number of pyridine rings is 1. The minimum Gasteiger partial charge on any atom is -0.478 e. The van der Waals surface area contributed by atoms with E-state index in [1.165, 1.54) is 18.3 Å². The topological polar surface area (TPSA) is 88.5 Å². The first-order chi connectivity index (χ1) is 9.37. The highest BCUT2D eigenvalue weighted by molar-refractivity contribution is 5.93. The van der Waals surface area contributed by atoms with Crippen molar-refractivity contribution in [2.24, 2.45) is 0 Å². The van der Waals surface area contributed by atoms with Crippen LogP contribution in [0.3, 0.4) is 0 Å². The maximum Gasteiger partial charge on any atom is 0.337 e. The van der Waals surface area contributed by atoms with Crippen LogP contribution in [0, 0.1) is 0 Å². The molecule has 20 heavy (non-hydrogen) atoms. The van der Waals surface area contributed by atoms with Crippen molar-refractivity contribution in [1.29, 1.82) is 0 Å². The number of carboxylic acids is 1. The van der Waals surface area contributed by atoms with Crippen LogP contribution in [0.5, 0.6) is 0 Å². The third-order valence-electron chi connectivity index (χ3n) is 3.28. The second-order valence-corrected chi connectivity index (χ2v) is 5.51. The lowest BCUT2D eigenvalue weighted by Crippen LogP contribution is -2.46. The van der Waals surface area contributed by atoms with Crippen molar-refractivity contribution in [3.63, 3.8) is 0 Å². The van der Waals surface area contributed by atoms with Crippen molar-refractivity contribution in [2.45, 2.75) is 38.3 Å². The summed E-state index contributed by atoms with van der Waals surface area (Å²) in [4.78, 5) is 26.6. The molecule has 0 radical (unpaired) electrons. The molecule has 0 bridgehead atoms. The minimum absolute atomic E-state index is 0.0483. The average molecular weight is 278 g/mol. The largest absolute Gasteiger partial charge is 0.478 e. The normalized spacial score (nSPS) is 21.2. The van der Waals surface area contributed by atoms with Crippen molar-refractivity contribution >= 4 is 11.9 Å². The number of carbonyl (C=O) groups excluding carboxylic acids is 1. The van der Waals surface area contributed by atoms with Gasteiger partial charge in [-0.3, -0.25) is 9.78 Å². The van der Waals surface area contributed by atoms with E-state index in [1.807, 2.05) is 13.8 Å². The molecule has 108 valence electrons. The van der Waals surface area contributed by atoms with Crippen LogP contribution in [-0.2, 0) is 4.74 Å². The van der Waals surface area contributed by atoms with Crippen LogP contribution in [-0.4, -0.2) is 40.2 Å². The highest BCUT2D eigenvalue weighted by Crippen LogP contribution is 2.24. The SMILES string of the molecule is CC1(C)CC(NC(=O)c2ccc(C(=O)O)cn2)CCO1. The zero-order valence-electron chi connectivity index (χ0n) is 11.5. The van der Waals surface area contributed by atoms with Crippen LogP contribution < -0.4 is 5.32 Å². The molecule has 1 saturated heterocycles. The number of nitrogens with one attached hydrogen (secondary N) is 1. The summed E-state index contributed by atoms with van der Waals surface area (Å²) in [6, 6.07) is 2.84. The molecule has 0 saturated carbocycles. The third kappa shape index (κ3) is 3.54. The molecule has 0 aliphatic carbocycles. The van der Waals surface area contributed by atoms with Gasteiger partial charge in [0.25, 0.3) is 5.91 Å². The number of carbonyl (C=O) groups is 2. The van der Waals surface area contributed by atoms with Crippen LogP contribution in [0.15, 0.2) is 18.3 Å². The standard InChI is InChI=1S/C14H18N2O4/c1-14(2)7-10(5-6-20-14)16-12(17)11-4-3-9(8-15-11)13(18)19/h3-4,8,10H,5-7H2,1-2H3,(H,16,17)(H,18,19). The Morgan fingerprint density at radius 3 is 2.75 bits per heavy atom. The minimum atomic E-state index is -1.06. The summed E-state index contributed by atoms with van der Waals surface area (Å²) in [6.07, 6.45) is 2.69. The lowest BCUT2D eigenvalue weighted by molar-refractivity contribution is -0.0615. The Kier molecular flexibility index (Phi) is 4.04. The van der Waals surface area contributed by atoms with Crippen LogP contribution >= 0.6 is 0 Å². The molecule has 1 aliphatic heterocycles. The molecule has 6 nitrogen and oxygen atoms in total. The predicted octanol–water partition coefficient (Wildman–Crippen LogP) is 1.47. The van der Waals surface area contributed by atoms with E-state index in [-0.39, 0.29) is 28.8 Å². The molecule has 1 amide bonds. The summed E-state index contributed by atoms with van der Waals surface area (Å²) < 4.78 is 5.59. The van der Waals surface area contributed by atoms with Crippen molar-refractivity contribution in [3.8, 4) is 0 Å². The summed E-state index contributed by atoms with van der Waals surface area (Å²) >= 11 is 0. The predicted molar refractivity (Wildman–Crippen MR) is 71.7 cm³/mol. The van der Waals surface area contributed by atoms with Gasteiger partial charge in [-0.1, -0.05) is 0 Å². The van der Waals surface area contributed by atoms with Crippen LogP contribution in [0.25, 0.3) is 0 Å². The highest BCUT2D eigenvalue weighted by Gasteiger charge is 2.29. The molecule has 1 aromatic rings. The van der Waals surface area contributed by atoms with Gasteiger partial charge >= 0.3 is 5.97 Å². The smallest absolute Gasteiger partial charge is 0.337 e. The lowest BCUT2D eigenvalue weighted by Gasteiger charge is -2.35. The fourth-order valence-electron chi connectivity index (χ4n) is 2.27. The maximum absolute atomic E-state index is 12.0. The molecule has 0 spiro atoms. The number of hydrogen-bond donors (Lipinski definition) is 2. The number of amides is 1. The third-order valence-corrected chi connectivity index (χ3v) is 3.28. The van der Waals surface area contributed by atoms with E-state index < -0.39 is 5.97 Å². The van der Waals surface area contributed by atoms with Gasteiger partial charge in [0, 0.05) is 18.8 Å². The fraction of sp³-hybridized carbons (Fsp3) is 0.500. The maximum atomic E-state index is 12.0. The number of nitrogens with zero attached hydrogens (tertiary/aromatic N) is 1. The highest BCUT2D eigenvalue weighted by atomic mass is 16.5. The fourth-order valence-corrected chi connectivity index (χ4v) is 2.27. The van der Waals surface area contributed by atoms with Crippen molar-refractivity contribution in [2.75, 3.05) is 6.61 Å². The number of carboxylic acid groups (broad SMARTS) is 1. The Balaban J connectivity index is 1.99. The van der Waals surface area contributed by atoms with E-state index in [2.05, 4.69) is 10.3 Å². The van der Waals surface area contributed by atoms with Crippen LogP contribution in [0.2, 0.25) is 0 Å². The number of rotatable bonds is 3. The van der Waals surface area contributed by atoms with E-state index in [1.54, 1.807) is 0 Å². The average Bonchev–Trinajstić information content (AvgIpc) is 2.37. The Morgan fingerprint density at radius 1 is 1.45 bits per heavy atom. The Morgan fingerprint density at radius 2 is 2.20 bits per heavy atom. The van der Waals surface area contributed by atoms with Gasteiger partial charge in [0.05, 0.1) is 11.2 Å². The summed E-state index contributed by atoms with van der Waals surface area (Å²) in [7, 11) is 0. The number of aromatic nitrogens is 1. The molecule has 1 unspecified atom stereocenters. The Labute approximate surface area is 117 Å². The van der Waals surface area contributed by atoms with Crippen LogP contribution in [0.1, 0.15) is 47.5 Å². The zero-order chi connectivity index (χ0) is 14.8. The molecule has 0 aromatic carbocycles. The number of ether oxygens (including phenoxy) is 1. The second kappa shape index (κ2) is 5.58. The van der Waals surface area contributed by atoms with Crippen LogP contribution in [0.4, 0.5) is 0 Å². The summed E-state index contributed by atoms with van der Waals surface area (Å²) in [6.45, 7) is 4.60. The van der Waals surface area contributed by atoms with Gasteiger partial charge < -0.3 is 15.2 Å². The van der Waals surface area contributed by atoms with Crippen molar-refractivity contribution in [3.05, 3.63) is 29.6 Å². The van der Waals surface area contributed by atoms with Crippen molar-refractivity contribution < 1.29 is 19.4 Å². The Bertz CT molecular complexity index is 510. The molecule has 6 heteroatoms. The van der Waals surface area contributed by atoms with E-state index in [0.717, 1.165) is 12.8 Å². The summed E-state index contributed by atoms with van der Waals surface area (Å²) in [5, 5.41) is 11.7. The molecule has 1 aromatic heterocycles. The zero-order valence-corrected chi connectivity index (χ0v) is 11.5. The molecule has 1 aliphatic rings. The van der Waals surface area contributed by atoms with Gasteiger partial charge in [-0.05, 0) is 38.8 Å². The van der Waals surface area contributed by atoms with Crippen molar-refractivity contribution in [1.82, 2.24) is 10.3 Å². The molecule has 1 fully saturated rings.